The maximum atomic E-state index is 13.4. The Morgan fingerprint density at radius 3 is 2.47 bits per heavy atom. The topological polar surface area (TPSA) is 21.3 Å². The summed E-state index contributed by atoms with van der Waals surface area (Å²) in [6.45, 7) is 4.95. The van der Waals surface area contributed by atoms with Crippen LogP contribution in [-0.2, 0) is 6.18 Å². The zero-order chi connectivity index (χ0) is 14.5. The smallest absolute Gasteiger partial charge is 0.416 e. The quantitative estimate of drug-likeness (QED) is 0.634. The second-order valence-electron chi connectivity index (χ2n) is 4.45. The van der Waals surface area contributed by atoms with Gasteiger partial charge in [-0.1, -0.05) is 13.8 Å². The number of hydrogen-bond donors (Lipinski definition) is 1. The molecule has 0 bridgehead atoms. The van der Waals surface area contributed by atoms with E-state index in [9.17, 15) is 17.6 Å². The molecule has 0 atom stereocenters. The van der Waals surface area contributed by atoms with Gasteiger partial charge in [-0.3, -0.25) is 0 Å². The molecule has 0 aliphatic heterocycles. The van der Waals surface area contributed by atoms with E-state index in [2.05, 4.69) is 5.32 Å². The van der Waals surface area contributed by atoms with Gasteiger partial charge in [-0.25, -0.2) is 4.39 Å². The summed E-state index contributed by atoms with van der Waals surface area (Å²) in [7, 11) is 0. The highest BCUT2D eigenvalue weighted by molar-refractivity contribution is 5.30. The summed E-state index contributed by atoms with van der Waals surface area (Å²) in [6, 6.07) is 2.61. The van der Waals surface area contributed by atoms with Gasteiger partial charge in [0.1, 0.15) is 0 Å². The van der Waals surface area contributed by atoms with E-state index in [-0.39, 0.29) is 12.4 Å². The Morgan fingerprint density at radius 2 is 1.95 bits per heavy atom. The third-order valence-electron chi connectivity index (χ3n) is 2.39. The summed E-state index contributed by atoms with van der Waals surface area (Å²) in [4.78, 5) is 0. The lowest BCUT2D eigenvalue weighted by atomic mass is 10.2. The predicted octanol–water partition coefficient (Wildman–Crippen LogP) is 3.61. The molecule has 0 aromatic heterocycles. The third kappa shape index (κ3) is 5.46. The van der Waals surface area contributed by atoms with Crippen molar-refractivity contribution in [2.75, 3.05) is 13.2 Å². The van der Waals surface area contributed by atoms with Crippen molar-refractivity contribution in [3.63, 3.8) is 0 Å². The average molecular weight is 279 g/mol. The van der Waals surface area contributed by atoms with Gasteiger partial charge in [0.25, 0.3) is 0 Å². The molecule has 0 heterocycles. The van der Waals surface area contributed by atoms with Crippen LogP contribution in [0.3, 0.4) is 0 Å². The molecule has 0 aliphatic carbocycles. The second kappa shape index (κ2) is 6.75. The Hall–Kier alpha value is -1.30. The van der Waals surface area contributed by atoms with E-state index < -0.39 is 17.6 Å². The highest BCUT2D eigenvalue weighted by Crippen LogP contribution is 2.31. The zero-order valence-corrected chi connectivity index (χ0v) is 10.9. The third-order valence-corrected chi connectivity index (χ3v) is 2.39. The Kier molecular flexibility index (Phi) is 5.60. The number of halogens is 4. The van der Waals surface area contributed by atoms with Gasteiger partial charge >= 0.3 is 6.18 Å². The van der Waals surface area contributed by atoms with Crippen LogP contribution in [-0.4, -0.2) is 19.2 Å². The van der Waals surface area contributed by atoms with E-state index in [1.807, 2.05) is 13.8 Å². The molecular weight excluding hydrogens is 262 g/mol. The molecule has 0 radical (unpaired) electrons. The Labute approximate surface area is 109 Å². The van der Waals surface area contributed by atoms with Crippen LogP contribution in [0, 0.1) is 5.82 Å². The fraction of sp³-hybridized carbons (Fsp3) is 0.538. The average Bonchev–Trinajstić information content (AvgIpc) is 2.28. The lowest BCUT2D eigenvalue weighted by molar-refractivity contribution is -0.137. The maximum Gasteiger partial charge on any atom is 0.416 e. The fourth-order valence-electron chi connectivity index (χ4n) is 1.44. The normalized spacial score (nSPS) is 11.9. The van der Waals surface area contributed by atoms with Crippen molar-refractivity contribution >= 4 is 0 Å². The molecule has 19 heavy (non-hydrogen) atoms. The number of hydrogen-bond acceptors (Lipinski definition) is 2. The molecule has 0 saturated heterocycles. The summed E-state index contributed by atoms with van der Waals surface area (Å²) in [5.41, 5.74) is -1.01. The number of benzene rings is 1. The van der Waals surface area contributed by atoms with Crippen molar-refractivity contribution in [1.29, 1.82) is 0 Å². The van der Waals surface area contributed by atoms with Crippen LogP contribution < -0.4 is 10.1 Å². The van der Waals surface area contributed by atoms with Crippen molar-refractivity contribution in [1.82, 2.24) is 5.32 Å². The zero-order valence-electron chi connectivity index (χ0n) is 10.9. The molecule has 1 rings (SSSR count). The molecular formula is C13H17F4NO. The monoisotopic (exact) mass is 279 g/mol. The molecule has 6 heteroatoms. The largest absolute Gasteiger partial charge is 0.490 e. The van der Waals surface area contributed by atoms with Gasteiger partial charge in [-0.15, -0.1) is 0 Å². The van der Waals surface area contributed by atoms with E-state index in [0.29, 0.717) is 25.1 Å². The number of rotatable bonds is 6. The van der Waals surface area contributed by atoms with Crippen LogP contribution in [0.25, 0.3) is 0 Å². The van der Waals surface area contributed by atoms with Crippen molar-refractivity contribution in [3.8, 4) is 5.75 Å². The van der Waals surface area contributed by atoms with Crippen LogP contribution in [0.5, 0.6) is 5.75 Å². The Bertz CT molecular complexity index is 404. The number of nitrogens with one attached hydrogen (secondary N) is 1. The van der Waals surface area contributed by atoms with Crippen molar-refractivity contribution < 1.29 is 22.3 Å². The minimum atomic E-state index is -4.54. The number of alkyl halides is 3. The molecule has 0 saturated carbocycles. The SMILES string of the molecule is CC(C)NCCCOc1ccc(C(F)(F)F)cc1F. The Morgan fingerprint density at radius 1 is 1.26 bits per heavy atom. The predicted molar refractivity (Wildman–Crippen MR) is 64.7 cm³/mol. The van der Waals surface area contributed by atoms with E-state index in [4.69, 9.17) is 4.74 Å². The van der Waals surface area contributed by atoms with Gasteiger partial charge in [0.05, 0.1) is 12.2 Å². The van der Waals surface area contributed by atoms with E-state index in [1.54, 1.807) is 0 Å². The van der Waals surface area contributed by atoms with Crippen LogP contribution in [0.4, 0.5) is 17.6 Å². The van der Waals surface area contributed by atoms with Crippen LogP contribution in [0.1, 0.15) is 25.8 Å². The Balaban J connectivity index is 2.47. The molecule has 0 unspecified atom stereocenters. The summed E-state index contributed by atoms with van der Waals surface area (Å²) in [5.74, 6) is -1.15. The first-order chi connectivity index (χ1) is 8.80. The van der Waals surface area contributed by atoms with Gasteiger partial charge < -0.3 is 10.1 Å². The molecule has 1 aromatic carbocycles. The molecule has 1 N–H and O–H groups in total. The summed E-state index contributed by atoms with van der Waals surface area (Å²) in [6.07, 6.45) is -3.89. The van der Waals surface area contributed by atoms with E-state index in [0.717, 1.165) is 12.1 Å². The minimum Gasteiger partial charge on any atom is -0.490 e. The minimum absolute atomic E-state index is 0.155. The lowest BCUT2D eigenvalue weighted by Crippen LogP contribution is -2.24. The molecule has 0 aliphatic rings. The first-order valence-corrected chi connectivity index (χ1v) is 6.03. The summed E-state index contributed by atoms with van der Waals surface area (Å²) >= 11 is 0. The molecule has 2 nitrogen and oxygen atoms in total. The van der Waals surface area contributed by atoms with Crippen molar-refractivity contribution in [3.05, 3.63) is 29.6 Å². The molecule has 0 fully saturated rings. The maximum absolute atomic E-state index is 13.4. The van der Waals surface area contributed by atoms with Gasteiger partial charge in [0.15, 0.2) is 11.6 Å². The first kappa shape index (κ1) is 15.8. The van der Waals surface area contributed by atoms with Crippen LogP contribution in [0.15, 0.2) is 18.2 Å². The molecule has 1 aromatic rings. The van der Waals surface area contributed by atoms with Crippen molar-refractivity contribution in [2.24, 2.45) is 0 Å². The fourth-order valence-corrected chi connectivity index (χ4v) is 1.44. The van der Waals surface area contributed by atoms with Crippen LogP contribution in [0.2, 0.25) is 0 Å². The van der Waals surface area contributed by atoms with E-state index >= 15 is 0 Å². The van der Waals surface area contributed by atoms with Gasteiger partial charge in [-0.2, -0.15) is 13.2 Å². The van der Waals surface area contributed by atoms with Crippen molar-refractivity contribution in [2.45, 2.75) is 32.5 Å². The van der Waals surface area contributed by atoms with E-state index in [1.165, 1.54) is 0 Å². The van der Waals surface area contributed by atoms with Gasteiger partial charge in [-0.05, 0) is 31.2 Å². The summed E-state index contributed by atoms with van der Waals surface area (Å²) < 4.78 is 55.4. The highest BCUT2D eigenvalue weighted by atomic mass is 19.4. The standard InChI is InChI=1S/C13H17F4NO/c1-9(2)18-6-3-7-19-12-5-4-10(8-11(12)14)13(15,16)17/h4-5,8-9,18H,3,6-7H2,1-2H3. The van der Waals surface area contributed by atoms with Gasteiger partial charge in [0.2, 0.25) is 0 Å². The summed E-state index contributed by atoms with van der Waals surface area (Å²) in [5, 5.41) is 3.15. The molecule has 0 amide bonds. The van der Waals surface area contributed by atoms with Crippen LogP contribution >= 0.6 is 0 Å². The second-order valence-corrected chi connectivity index (χ2v) is 4.45. The lowest BCUT2D eigenvalue weighted by Gasteiger charge is -2.11. The molecule has 0 spiro atoms. The highest BCUT2D eigenvalue weighted by Gasteiger charge is 2.31. The number of ether oxygens (including phenoxy) is 1. The van der Waals surface area contributed by atoms with Gasteiger partial charge in [0, 0.05) is 6.04 Å². The first-order valence-electron chi connectivity index (χ1n) is 6.03. The molecule has 108 valence electrons.